The highest BCUT2D eigenvalue weighted by Crippen LogP contribution is 2.30. The Hall–Kier alpha value is -2.56. The van der Waals surface area contributed by atoms with Gasteiger partial charge in [0.25, 0.3) is 0 Å². The van der Waals surface area contributed by atoms with Crippen LogP contribution < -0.4 is 15.4 Å². The molecule has 0 aromatic heterocycles. The van der Waals surface area contributed by atoms with Gasteiger partial charge in [0.05, 0.1) is 24.0 Å². The lowest BCUT2D eigenvalue weighted by atomic mass is 10.1. The van der Waals surface area contributed by atoms with Crippen LogP contribution in [0.2, 0.25) is 0 Å². The van der Waals surface area contributed by atoms with Gasteiger partial charge in [0.15, 0.2) is 0 Å². The maximum absolute atomic E-state index is 14.3. The zero-order valence-electron chi connectivity index (χ0n) is 12.4. The number of para-hydroxylation sites is 2. The minimum atomic E-state index is -0.298. The lowest BCUT2D eigenvalue weighted by Gasteiger charge is -2.19. The normalized spacial score (nSPS) is 14.0. The summed E-state index contributed by atoms with van der Waals surface area (Å²) in [6, 6.07) is 12.5. The summed E-state index contributed by atoms with van der Waals surface area (Å²) < 4.78 is 19.7. The Morgan fingerprint density at radius 3 is 2.73 bits per heavy atom. The topological polar surface area (TPSA) is 45.6 Å². The molecule has 0 radical (unpaired) electrons. The molecule has 2 N–H and O–H groups in total. The number of halogens is 1. The molecule has 2 aromatic rings. The first-order chi connectivity index (χ1) is 10.8. The van der Waals surface area contributed by atoms with Crippen LogP contribution in [0, 0.1) is 5.82 Å². The van der Waals surface area contributed by atoms with Crippen LogP contribution in [0.1, 0.15) is 12.0 Å². The van der Waals surface area contributed by atoms with Crippen LogP contribution in [0.15, 0.2) is 47.5 Å². The first kappa shape index (κ1) is 14.4. The van der Waals surface area contributed by atoms with Crippen molar-refractivity contribution in [2.45, 2.75) is 6.42 Å². The number of methoxy groups -OCH3 is 1. The monoisotopic (exact) mass is 299 g/mol. The van der Waals surface area contributed by atoms with Gasteiger partial charge < -0.3 is 15.4 Å². The van der Waals surface area contributed by atoms with E-state index in [4.69, 9.17) is 4.74 Å². The number of nitrogens with zero attached hydrogens (tertiary/aromatic N) is 1. The Bertz CT molecular complexity index is 700. The number of nitrogens with one attached hydrogen (secondary N) is 2. The van der Waals surface area contributed by atoms with E-state index in [1.165, 1.54) is 6.07 Å². The Balaban J connectivity index is 2.00. The van der Waals surface area contributed by atoms with E-state index in [1.54, 1.807) is 13.2 Å². The van der Waals surface area contributed by atoms with Gasteiger partial charge >= 0.3 is 0 Å². The standard InChI is InChI=1S/C17H18FN3O/c1-22-15-9-3-2-7-13(15)21-14-8-4-6-12(18)16(14)17-19-10-5-11-20-17/h2-4,6-9,21H,5,10-11H2,1H3,(H,19,20). The molecule has 5 heteroatoms. The molecule has 1 aliphatic rings. The molecule has 22 heavy (non-hydrogen) atoms. The van der Waals surface area contributed by atoms with Crippen molar-refractivity contribution in [1.82, 2.24) is 5.32 Å². The molecular formula is C17H18FN3O. The van der Waals surface area contributed by atoms with E-state index in [2.05, 4.69) is 15.6 Å². The highest BCUT2D eigenvalue weighted by Gasteiger charge is 2.17. The van der Waals surface area contributed by atoms with Crippen molar-refractivity contribution < 1.29 is 9.13 Å². The average molecular weight is 299 g/mol. The fourth-order valence-corrected chi connectivity index (χ4v) is 2.46. The number of amidine groups is 1. The van der Waals surface area contributed by atoms with Gasteiger partial charge in [0.1, 0.15) is 17.4 Å². The molecule has 0 fully saturated rings. The van der Waals surface area contributed by atoms with Crippen molar-refractivity contribution in [2.75, 3.05) is 25.5 Å². The van der Waals surface area contributed by atoms with Gasteiger partial charge in [0.2, 0.25) is 0 Å². The number of rotatable bonds is 4. The van der Waals surface area contributed by atoms with Crippen molar-refractivity contribution in [3.05, 3.63) is 53.8 Å². The zero-order valence-corrected chi connectivity index (χ0v) is 12.4. The summed E-state index contributed by atoms with van der Waals surface area (Å²) in [4.78, 5) is 4.40. The number of hydrogen-bond donors (Lipinski definition) is 2. The molecule has 4 nitrogen and oxygen atoms in total. The molecule has 1 heterocycles. The average Bonchev–Trinajstić information content (AvgIpc) is 2.56. The third kappa shape index (κ3) is 2.88. The predicted octanol–water partition coefficient (Wildman–Crippen LogP) is 3.32. The molecule has 114 valence electrons. The second kappa shape index (κ2) is 6.47. The van der Waals surface area contributed by atoms with E-state index in [0.29, 0.717) is 29.4 Å². The van der Waals surface area contributed by atoms with Crippen LogP contribution in [0.5, 0.6) is 5.75 Å². The molecule has 0 atom stereocenters. The number of benzene rings is 2. The first-order valence-electron chi connectivity index (χ1n) is 7.27. The van der Waals surface area contributed by atoms with Crippen molar-refractivity contribution in [3.8, 4) is 5.75 Å². The summed E-state index contributed by atoms with van der Waals surface area (Å²) >= 11 is 0. The fraction of sp³-hybridized carbons (Fsp3) is 0.235. The zero-order chi connectivity index (χ0) is 15.4. The molecule has 0 amide bonds. The molecule has 0 bridgehead atoms. The second-order valence-corrected chi connectivity index (χ2v) is 5.00. The van der Waals surface area contributed by atoms with Gasteiger partial charge in [-0.15, -0.1) is 0 Å². The van der Waals surface area contributed by atoms with Gasteiger partial charge in [0, 0.05) is 13.1 Å². The third-order valence-corrected chi connectivity index (χ3v) is 3.52. The summed E-state index contributed by atoms with van der Waals surface area (Å²) in [7, 11) is 1.61. The quantitative estimate of drug-likeness (QED) is 0.910. The molecule has 0 unspecified atom stereocenters. The second-order valence-electron chi connectivity index (χ2n) is 5.00. The van der Waals surface area contributed by atoms with E-state index in [1.807, 2.05) is 30.3 Å². The van der Waals surface area contributed by atoms with Crippen LogP contribution in [0.4, 0.5) is 15.8 Å². The molecule has 0 aliphatic carbocycles. The minimum absolute atomic E-state index is 0.298. The number of ether oxygens (including phenoxy) is 1. The minimum Gasteiger partial charge on any atom is -0.495 e. The van der Waals surface area contributed by atoms with Crippen molar-refractivity contribution in [1.29, 1.82) is 0 Å². The van der Waals surface area contributed by atoms with E-state index >= 15 is 0 Å². The number of aliphatic imine (C=N–C) groups is 1. The Labute approximate surface area is 129 Å². The number of anilines is 2. The van der Waals surface area contributed by atoms with Gasteiger partial charge in [-0.3, -0.25) is 4.99 Å². The van der Waals surface area contributed by atoms with Gasteiger partial charge in [-0.1, -0.05) is 18.2 Å². The number of hydrogen-bond acceptors (Lipinski definition) is 4. The molecule has 2 aromatic carbocycles. The molecular weight excluding hydrogens is 281 g/mol. The lowest BCUT2D eigenvalue weighted by molar-refractivity contribution is 0.417. The fourth-order valence-electron chi connectivity index (χ4n) is 2.46. The molecule has 0 saturated heterocycles. The maximum atomic E-state index is 14.3. The maximum Gasteiger partial charge on any atom is 0.142 e. The van der Waals surface area contributed by atoms with Gasteiger partial charge in [-0.2, -0.15) is 0 Å². The molecule has 0 spiro atoms. The Kier molecular flexibility index (Phi) is 4.23. The summed E-state index contributed by atoms with van der Waals surface area (Å²) in [5.41, 5.74) is 1.92. The Morgan fingerprint density at radius 1 is 1.14 bits per heavy atom. The van der Waals surface area contributed by atoms with Crippen LogP contribution in [0.25, 0.3) is 0 Å². The van der Waals surface area contributed by atoms with Gasteiger partial charge in [-0.25, -0.2) is 4.39 Å². The van der Waals surface area contributed by atoms with Crippen molar-refractivity contribution in [3.63, 3.8) is 0 Å². The van der Waals surface area contributed by atoms with E-state index in [9.17, 15) is 4.39 Å². The van der Waals surface area contributed by atoms with Crippen molar-refractivity contribution >= 4 is 17.2 Å². The van der Waals surface area contributed by atoms with E-state index < -0.39 is 0 Å². The summed E-state index contributed by atoms with van der Waals surface area (Å²) in [5.74, 6) is 1.01. The summed E-state index contributed by atoms with van der Waals surface area (Å²) in [5, 5.41) is 6.41. The SMILES string of the molecule is COc1ccccc1Nc1cccc(F)c1C1=NCCCN1. The summed E-state index contributed by atoms with van der Waals surface area (Å²) in [6.45, 7) is 1.52. The molecule has 1 aliphatic heterocycles. The lowest BCUT2D eigenvalue weighted by Crippen LogP contribution is -2.31. The van der Waals surface area contributed by atoms with Crippen LogP contribution in [-0.4, -0.2) is 26.0 Å². The van der Waals surface area contributed by atoms with Crippen LogP contribution >= 0.6 is 0 Å². The highest BCUT2D eigenvalue weighted by molar-refractivity contribution is 6.04. The predicted molar refractivity (Wildman–Crippen MR) is 86.7 cm³/mol. The Morgan fingerprint density at radius 2 is 1.95 bits per heavy atom. The first-order valence-corrected chi connectivity index (χ1v) is 7.27. The molecule has 0 saturated carbocycles. The van der Waals surface area contributed by atoms with Crippen LogP contribution in [-0.2, 0) is 0 Å². The third-order valence-electron chi connectivity index (χ3n) is 3.52. The molecule has 3 rings (SSSR count). The van der Waals surface area contributed by atoms with E-state index in [-0.39, 0.29) is 5.82 Å². The summed E-state index contributed by atoms with van der Waals surface area (Å²) in [6.07, 6.45) is 0.965. The van der Waals surface area contributed by atoms with E-state index in [0.717, 1.165) is 18.7 Å². The largest absolute Gasteiger partial charge is 0.495 e. The van der Waals surface area contributed by atoms with Crippen LogP contribution in [0.3, 0.4) is 0 Å². The van der Waals surface area contributed by atoms with Gasteiger partial charge in [-0.05, 0) is 30.7 Å². The smallest absolute Gasteiger partial charge is 0.142 e. The highest BCUT2D eigenvalue weighted by atomic mass is 19.1. The van der Waals surface area contributed by atoms with Crippen molar-refractivity contribution in [2.24, 2.45) is 4.99 Å².